The summed E-state index contributed by atoms with van der Waals surface area (Å²) in [5, 5.41) is 10.7. The maximum Gasteiger partial charge on any atom is 0.229 e. The number of halogens is 3. The largest absolute Gasteiger partial charge is 0.362 e. The predicted octanol–water partition coefficient (Wildman–Crippen LogP) is 4.68. The van der Waals surface area contributed by atoms with E-state index in [-0.39, 0.29) is 11.9 Å². The average Bonchev–Trinajstić information content (AvgIpc) is 2.94. The quantitative estimate of drug-likeness (QED) is 0.621. The van der Waals surface area contributed by atoms with Gasteiger partial charge in [0.2, 0.25) is 5.95 Å². The third kappa shape index (κ3) is 4.46. The van der Waals surface area contributed by atoms with Crippen molar-refractivity contribution in [3.05, 3.63) is 57.7 Å². The van der Waals surface area contributed by atoms with Gasteiger partial charge in [-0.25, -0.2) is 9.37 Å². The molecule has 0 amide bonds. The second kappa shape index (κ2) is 7.37. The molecule has 3 rings (SSSR count). The van der Waals surface area contributed by atoms with Crippen molar-refractivity contribution >= 4 is 45.0 Å². The molecule has 0 saturated heterocycles. The van der Waals surface area contributed by atoms with Crippen LogP contribution in [0.1, 0.15) is 18.5 Å². The second-order valence-corrected chi connectivity index (χ2v) is 6.81. The fourth-order valence-electron chi connectivity index (χ4n) is 2.26. The van der Waals surface area contributed by atoms with Crippen LogP contribution in [0.15, 0.2) is 41.3 Å². The molecule has 1 atom stereocenters. The highest BCUT2D eigenvalue weighted by Crippen LogP contribution is 2.27. The molecule has 0 spiro atoms. The third-order valence-corrected chi connectivity index (χ3v) is 4.18. The van der Waals surface area contributed by atoms with Gasteiger partial charge in [0.1, 0.15) is 10.8 Å². The average molecular weight is 426 g/mol. The lowest BCUT2D eigenvalue weighted by atomic mass is 10.1. The summed E-state index contributed by atoms with van der Waals surface area (Å²) in [6, 6.07) is 4.51. The summed E-state index contributed by atoms with van der Waals surface area (Å²) in [5.74, 6) is 0.522. The Morgan fingerprint density at radius 2 is 2.08 bits per heavy atom. The highest BCUT2D eigenvalue weighted by Gasteiger charge is 2.12. The first-order valence-corrected chi connectivity index (χ1v) is 8.58. The molecular formula is C16H15BrClFN6. The summed E-state index contributed by atoms with van der Waals surface area (Å²) in [4.78, 5) is 8.53. The number of rotatable bonds is 5. The van der Waals surface area contributed by atoms with Crippen LogP contribution >= 0.6 is 27.5 Å². The number of benzene rings is 1. The highest BCUT2D eigenvalue weighted by atomic mass is 79.9. The molecule has 1 unspecified atom stereocenters. The van der Waals surface area contributed by atoms with Gasteiger partial charge < -0.3 is 10.6 Å². The molecule has 1 aromatic carbocycles. The van der Waals surface area contributed by atoms with Crippen molar-refractivity contribution in [1.29, 1.82) is 0 Å². The van der Waals surface area contributed by atoms with E-state index in [1.54, 1.807) is 17.1 Å². The first kappa shape index (κ1) is 17.6. The van der Waals surface area contributed by atoms with E-state index in [9.17, 15) is 4.39 Å². The van der Waals surface area contributed by atoms with E-state index in [0.29, 0.717) is 21.3 Å². The number of anilines is 3. The Balaban J connectivity index is 1.80. The van der Waals surface area contributed by atoms with Gasteiger partial charge in [0.05, 0.1) is 24.1 Å². The fourth-order valence-corrected chi connectivity index (χ4v) is 2.89. The maximum atomic E-state index is 13.6. The summed E-state index contributed by atoms with van der Waals surface area (Å²) in [6.45, 7) is 1.90. The topological polar surface area (TPSA) is 67.7 Å². The van der Waals surface area contributed by atoms with E-state index >= 15 is 0 Å². The Hall–Kier alpha value is -2.19. The molecule has 130 valence electrons. The minimum absolute atomic E-state index is 0.203. The van der Waals surface area contributed by atoms with E-state index in [1.807, 2.05) is 20.0 Å². The van der Waals surface area contributed by atoms with Crippen molar-refractivity contribution in [3.8, 4) is 0 Å². The van der Waals surface area contributed by atoms with E-state index < -0.39 is 0 Å². The molecule has 0 aliphatic heterocycles. The van der Waals surface area contributed by atoms with E-state index in [2.05, 4.69) is 41.6 Å². The summed E-state index contributed by atoms with van der Waals surface area (Å²) in [5.41, 5.74) is 1.53. The number of aryl methyl sites for hydroxylation is 1. The second-order valence-electron chi connectivity index (χ2n) is 5.49. The lowest BCUT2D eigenvalue weighted by Gasteiger charge is -2.17. The SMILES string of the molecule is CC(Nc1nc(Nc2cnn(C)c2)ncc1Cl)c1cc(F)cc(Br)c1. The number of aromatic nitrogens is 4. The molecule has 9 heteroatoms. The summed E-state index contributed by atoms with van der Waals surface area (Å²) in [7, 11) is 1.82. The zero-order valence-electron chi connectivity index (χ0n) is 13.5. The van der Waals surface area contributed by atoms with E-state index in [1.165, 1.54) is 18.3 Å². The van der Waals surface area contributed by atoms with Gasteiger partial charge in [0, 0.05) is 17.7 Å². The molecule has 25 heavy (non-hydrogen) atoms. The van der Waals surface area contributed by atoms with Crippen LogP contribution in [0.2, 0.25) is 5.02 Å². The number of hydrogen-bond acceptors (Lipinski definition) is 5. The summed E-state index contributed by atoms with van der Waals surface area (Å²) >= 11 is 9.48. The van der Waals surface area contributed by atoms with Crippen LogP contribution in [-0.2, 0) is 7.05 Å². The minimum Gasteiger partial charge on any atom is -0.362 e. The number of nitrogens with one attached hydrogen (secondary N) is 2. The molecule has 0 aliphatic carbocycles. The Bertz CT molecular complexity index is 880. The minimum atomic E-state index is -0.314. The first-order chi connectivity index (χ1) is 11.9. The van der Waals surface area contributed by atoms with Gasteiger partial charge in [-0.3, -0.25) is 4.68 Å². The summed E-state index contributed by atoms with van der Waals surface area (Å²) in [6.07, 6.45) is 4.97. The smallest absolute Gasteiger partial charge is 0.229 e. The summed E-state index contributed by atoms with van der Waals surface area (Å²) < 4.78 is 15.9. The van der Waals surface area contributed by atoms with Gasteiger partial charge in [-0.1, -0.05) is 27.5 Å². The molecule has 0 saturated carbocycles. The van der Waals surface area contributed by atoms with Gasteiger partial charge >= 0.3 is 0 Å². The first-order valence-electron chi connectivity index (χ1n) is 7.41. The molecule has 2 aromatic heterocycles. The molecule has 3 aromatic rings. The van der Waals surface area contributed by atoms with Crippen LogP contribution < -0.4 is 10.6 Å². The zero-order valence-corrected chi connectivity index (χ0v) is 15.8. The van der Waals surface area contributed by atoms with Crippen molar-refractivity contribution in [2.24, 2.45) is 7.05 Å². The highest BCUT2D eigenvalue weighted by molar-refractivity contribution is 9.10. The van der Waals surface area contributed by atoms with Crippen LogP contribution in [-0.4, -0.2) is 19.7 Å². The molecule has 0 radical (unpaired) electrons. The number of hydrogen-bond donors (Lipinski definition) is 2. The van der Waals surface area contributed by atoms with Crippen LogP contribution in [0.3, 0.4) is 0 Å². The van der Waals surface area contributed by atoms with E-state index in [4.69, 9.17) is 11.6 Å². The van der Waals surface area contributed by atoms with Crippen LogP contribution in [0.5, 0.6) is 0 Å². The molecule has 0 aliphatic rings. The normalized spacial score (nSPS) is 12.0. The van der Waals surface area contributed by atoms with Gasteiger partial charge in [0.15, 0.2) is 5.82 Å². The van der Waals surface area contributed by atoms with Crippen LogP contribution in [0, 0.1) is 5.82 Å². The Morgan fingerprint density at radius 1 is 1.28 bits per heavy atom. The Morgan fingerprint density at radius 3 is 2.76 bits per heavy atom. The lowest BCUT2D eigenvalue weighted by Crippen LogP contribution is -2.10. The third-order valence-electron chi connectivity index (χ3n) is 3.44. The number of nitrogens with zero attached hydrogens (tertiary/aromatic N) is 4. The zero-order chi connectivity index (χ0) is 18.0. The molecule has 0 bridgehead atoms. The van der Waals surface area contributed by atoms with Crippen molar-refractivity contribution in [1.82, 2.24) is 19.7 Å². The maximum absolute atomic E-state index is 13.6. The standard InChI is InChI=1S/C16H15BrClFN6/c1-9(10-3-11(17)5-12(19)4-10)22-15-14(18)7-20-16(24-15)23-13-6-21-25(2)8-13/h3-9H,1-2H3,(H2,20,22,23,24). The molecule has 0 fully saturated rings. The molecular weight excluding hydrogens is 411 g/mol. The van der Waals surface area contributed by atoms with Crippen LogP contribution in [0.4, 0.5) is 21.8 Å². The van der Waals surface area contributed by atoms with Gasteiger partial charge in [-0.15, -0.1) is 0 Å². The van der Waals surface area contributed by atoms with Crippen molar-refractivity contribution < 1.29 is 4.39 Å². The van der Waals surface area contributed by atoms with Gasteiger partial charge in [-0.2, -0.15) is 10.1 Å². The monoisotopic (exact) mass is 424 g/mol. The van der Waals surface area contributed by atoms with Gasteiger partial charge in [-0.05, 0) is 30.7 Å². The Labute approximate surface area is 157 Å². The fraction of sp³-hybridized carbons (Fsp3) is 0.188. The molecule has 2 N–H and O–H groups in total. The van der Waals surface area contributed by atoms with Crippen molar-refractivity contribution in [2.75, 3.05) is 10.6 Å². The molecule has 6 nitrogen and oxygen atoms in total. The van der Waals surface area contributed by atoms with Crippen molar-refractivity contribution in [2.45, 2.75) is 13.0 Å². The predicted molar refractivity (Wildman–Crippen MR) is 99.7 cm³/mol. The van der Waals surface area contributed by atoms with Crippen molar-refractivity contribution in [3.63, 3.8) is 0 Å². The van der Waals surface area contributed by atoms with E-state index in [0.717, 1.165) is 11.3 Å². The van der Waals surface area contributed by atoms with Crippen LogP contribution in [0.25, 0.3) is 0 Å². The van der Waals surface area contributed by atoms with Gasteiger partial charge in [0.25, 0.3) is 0 Å². The lowest BCUT2D eigenvalue weighted by molar-refractivity contribution is 0.622. The molecule has 2 heterocycles. The Kier molecular flexibility index (Phi) is 5.19.